The minimum Gasteiger partial charge on any atom is -0.289 e. The third kappa shape index (κ3) is 2.01. The Morgan fingerprint density at radius 2 is 2.20 bits per heavy atom. The highest BCUT2D eigenvalue weighted by Gasteiger charge is 2.28. The molecule has 3 aromatic heterocycles. The predicted octanol–water partition coefficient (Wildman–Crippen LogP) is 2.52. The lowest BCUT2D eigenvalue weighted by molar-refractivity contribution is 0.240. The molecule has 20 heavy (non-hydrogen) atoms. The largest absolute Gasteiger partial charge is 0.289 e. The topological polar surface area (TPSA) is 46.3 Å². The molecule has 0 unspecified atom stereocenters. The van der Waals surface area contributed by atoms with Crippen LogP contribution in [0.2, 0.25) is 0 Å². The zero-order chi connectivity index (χ0) is 13.4. The van der Waals surface area contributed by atoms with Crippen molar-refractivity contribution in [3.63, 3.8) is 0 Å². The second-order valence-corrected chi connectivity index (χ2v) is 5.79. The van der Waals surface area contributed by atoms with Crippen molar-refractivity contribution < 1.29 is 0 Å². The first kappa shape index (κ1) is 12.0. The molecule has 0 amide bonds. The molecular weight excluding hydrogens is 270 g/mol. The Morgan fingerprint density at radius 1 is 1.25 bits per heavy atom. The van der Waals surface area contributed by atoms with E-state index < -0.39 is 0 Å². The van der Waals surface area contributed by atoms with Gasteiger partial charge < -0.3 is 0 Å². The highest BCUT2D eigenvalue weighted by molar-refractivity contribution is 7.07. The Labute approximate surface area is 120 Å². The maximum Gasteiger partial charge on any atom is 0.233 e. The normalized spacial score (nSPS) is 19.9. The fraction of sp³-hybridized carbons (Fsp3) is 0.357. The minimum absolute atomic E-state index is 0.427. The summed E-state index contributed by atoms with van der Waals surface area (Å²) >= 11 is 1.66. The van der Waals surface area contributed by atoms with Gasteiger partial charge in [-0.3, -0.25) is 9.30 Å². The maximum atomic E-state index is 4.41. The molecular formula is C14H15N5S. The van der Waals surface area contributed by atoms with Gasteiger partial charge in [0.25, 0.3) is 0 Å². The van der Waals surface area contributed by atoms with Crippen LogP contribution < -0.4 is 0 Å². The average Bonchev–Trinajstić information content (AvgIpc) is 3.19. The van der Waals surface area contributed by atoms with Crippen molar-refractivity contribution in [1.29, 1.82) is 0 Å². The molecule has 0 aromatic carbocycles. The van der Waals surface area contributed by atoms with E-state index in [2.05, 4.69) is 35.7 Å². The molecule has 0 N–H and O–H groups in total. The van der Waals surface area contributed by atoms with E-state index in [1.807, 2.05) is 24.1 Å². The van der Waals surface area contributed by atoms with Crippen LogP contribution in [0.1, 0.15) is 30.3 Å². The Balaban J connectivity index is 1.68. The van der Waals surface area contributed by atoms with E-state index in [1.54, 1.807) is 11.3 Å². The van der Waals surface area contributed by atoms with Crippen molar-refractivity contribution in [2.75, 3.05) is 6.54 Å². The molecule has 0 aliphatic carbocycles. The summed E-state index contributed by atoms with van der Waals surface area (Å²) in [6.07, 6.45) is 8.08. The number of hydrogen-bond acceptors (Lipinski definition) is 5. The number of thiazole rings is 1. The number of fused-ring (bicyclic) bond motifs is 1. The first-order chi connectivity index (χ1) is 9.92. The first-order valence-corrected chi connectivity index (χ1v) is 7.75. The van der Waals surface area contributed by atoms with Crippen LogP contribution in [-0.4, -0.2) is 30.8 Å². The van der Waals surface area contributed by atoms with Crippen LogP contribution in [0, 0.1) is 0 Å². The first-order valence-electron chi connectivity index (χ1n) is 6.81. The molecule has 0 radical (unpaired) electrons. The van der Waals surface area contributed by atoms with Gasteiger partial charge in [0.15, 0.2) is 0 Å². The molecule has 6 heteroatoms. The summed E-state index contributed by atoms with van der Waals surface area (Å²) in [5.74, 6) is 0.781. The molecule has 0 saturated carbocycles. The van der Waals surface area contributed by atoms with E-state index in [-0.39, 0.29) is 0 Å². The molecule has 5 nitrogen and oxygen atoms in total. The molecule has 1 aliphatic rings. The van der Waals surface area contributed by atoms with Crippen LogP contribution in [-0.2, 0) is 6.54 Å². The Bertz CT molecular complexity index is 705. The zero-order valence-electron chi connectivity index (χ0n) is 11.0. The second kappa shape index (κ2) is 4.96. The summed E-state index contributed by atoms with van der Waals surface area (Å²) < 4.78 is 2.10. The van der Waals surface area contributed by atoms with E-state index in [0.717, 1.165) is 24.6 Å². The SMILES string of the molecule is c1cc([C@H]2CCCN2Cc2cscn2)n2ccnc2n1. The summed E-state index contributed by atoms with van der Waals surface area (Å²) in [4.78, 5) is 15.5. The van der Waals surface area contributed by atoms with E-state index in [1.165, 1.54) is 18.5 Å². The van der Waals surface area contributed by atoms with E-state index >= 15 is 0 Å². The summed E-state index contributed by atoms with van der Waals surface area (Å²) in [6.45, 7) is 2.05. The predicted molar refractivity (Wildman–Crippen MR) is 77.5 cm³/mol. The summed E-state index contributed by atoms with van der Waals surface area (Å²) in [6, 6.07) is 2.54. The van der Waals surface area contributed by atoms with Gasteiger partial charge in [-0.15, -0.1) is 11.3 Å². The number of nitrogens with zero attached hydrogens (tertiary/aromatic N) is 5. The van der Waals surface area contributed by atoms with Crippen LogP contribution in [0.4, 0.5) is 0 Å². The molecule has 4 rings (SSSR count). The van der Waals surface area contributed by atoms with Crippen LogP contribution in [0.15, 0.2) is 35.5 Å². The summed E-state index contributed by atoms with van der Waals surface area (Å²) in [5.41, 5.74) is 4.35. The van der Waals surface area contributed by atoms with Crippen molar-refractivity contribution >= 4 is 17.1 Å². The summed E-state index contributed by atoms with van der Waals surface area (Å²) in [7, 11) is 0. The van der Waals surface area contributed by atoms with Crippen molar-refractivity contribution in [3.8, 4) is 0 Å². The van der Waals surface area contributed by atoms with Gasteiger partial charge in [-0.05, 0) is 25.5 Å². The van der Waals surface area contributed by atoms with Crippen molar-refractivity contribution in [2.45, 2.75) is 25.4 Å². The monoisotopic (exact) mass is 285 g/mol. The van der Waals surface area contributed by atoms with E-state index in [0.29, 0.717) is 6.04 Å². The number of rotatable bonds is 3. The highest BCUT2D eigenvalue weighted by atomic mass is 32.1. The van der Waals surface area contributed by atoms with E-state index in [9.17, 15) is 0 Å². The maximum absolute atomic E-state index is 4.41. The third-order valence-electron chi connectivity index (χ3n) is 3.89. The van der Waals surface area contributed by atoms with Gasteiger partial charge in [0.1, 0.15) is 0 Å². The fourth-order valence-corrected chi connectivity index (χ4v) is 3.55. The quantitative estimate of drug-likeness (QED) is 0.742. The molecule has 3 aromatic rings. The van der Waals surface area contributed by atoms with Crippen LogP contribution in [0.3, 0.4) is 0 Å². The lowest BCUT2D eigenvalue weighted by atomic mass is 10.1. The molecule has 1 aliphatic heterocycles. The molecule has 102 valence electrons. The van der Waals surface area contributed by atoms with Crippen LogP contribution >= 0.6 is 11.3 Å². The Morgan fingerprint density at radius 3 is 3.10 bits per heavy atom. The van der Waals surface area contributed by atoms with Crippen LogP contribution in [0.5, 0.6) is 0 Å². The van der Waals surface area contributed by atoms with Gasteiger partial charge in [-0.25, -0.2) is 15.0 Å². The van der Waals surface area contributed by atoms with Crippen molar-refractivity contribution in [1.82, 2.24) is 24.3 Å². The Kier molecular flexibility index (Phi) is 2.97. The van der Waals surface area contributed by atoms with Crippen molar-refractivity contribution in [2.24, 2.45) is 0 Å². The molecule has 1 saturated heterocycles. The third-order valence-corrected chi connectivity index (χ3v) is 4.52. The van der Waals surface area contributed by atoms with Crippen LogP contribution in [0.25, 0.3) is 5.78 Å². The smallest absolute Gasteiger partial charge is 0.233 e. The Hall–Kier alpha value is -1.79. The average molecular weight is 285 g/mol. The number of likely N-dealkylation sites (tertiary alicyclic amines) is 1. The van der Waals surface area contributed by atoms with Gasteiger partial charge >= 0.3 is 0 Å². The number of aromatic nitrogens is 4. The van der Waals surface area contributed by atoms with E-state index in [4.69, 9.17) is 0 Å². The molecule has 0 spiro atoms. The van der Waals surface area contributed by atoms with Gasteiger partial charge in [0.05, 0.1) is 17.2 Å². The summed E-state index contributed by atoms with van der Waals surface area (Å²) in [5, 5.41) is 2.13. The molecule has 1 atom stereocenters. The van der Waals surface area contributed by atoms with Crippen molar-refractivity contribution in [3.05, 3.63) is 46.9 Å². The standard InChI is InChI=1S/C14H15N5S/c1-2-12(18(6-1)8-11-9-20-10-17-11)13-3-4-15-14-16-5-7-19(13)14/h3-5,7,9-10,12H,1-2,6,8H2/t12-/m1/s1. The lowest BCUT2D eigenvalue weighted by Crippen LogP contribution is -2.24. The lowest BCUT2D eigenvalue weighted by Gasteiger charge is -2.24. The minimum atomic E-state index is 0.427. The molecule has 4 heterocycles. The second-order valence-electron chi connectivity index (χ2n) is 5.08. The zero-order valence-corrected chi connectivity index (χ0v) is 11.8. The van der Waals surface area contributed by atoms with Gasteiger partial charge in [-0.1, -0.05) is 0 Å². The fourth-order valence-electron chi connectivity index (χ4n) is 3.00. The van der Waals surface area contributed by atoms with Gasteiger partial charge in [0.2, 0.25) is 5.78 Å². The van der Waals surface area contributed by atoms with Gasteiger partial charge in [-0.2, -0.15) is 0 Å². The molecule has 0 bridgehead atoms. The number of imidazole rings is 1. The van der Waals surface area contributed by atoms with Gasteiger partial charge in [0, 0.05) is 36.2 Å². The highest BCUT2D eigenvalue weighted by Crippen LogP contribution is 2.32. The molecule has 1 fully saturated rings. The number of hydrogen-bond donors (Lipinski definition) is 0.